The van der Waals surface area contributed by atoms with Crippen molar-refractivity contribution in [1.82, 2.24) is 19.8 Å². The van der Waals surface area contributed by atoms with Crippen molar-refractivity contribution < 1.29 is 19.1 Å². The lowest BCUT2D eigenvalue weighted by atomic mass is 10.0. The maximum atomic E-state index is 13.7. The van der Waals surface area contributed by atoms with E-state index in [2.05, 4.69) is 5.32 Å². The topological polar surface area (TPSA) is 85.7 Å². The van der Waals surface area contributed by atoms with Gasteiger partial charge in [0.05, 0.1) is 30.0 Å². The Kier molecular flexibility index (Phi) is 6.53. The van der Waals surface area contributed by atoms with Gasteiger partial charge in [0.15, 0.2) is 6.29 Å². The minimum absolute atomic E-state index is 0.00431. The predicted octanol–water partition coefficient (Wildman–Crippen LogP) is 2.81. The maximum absolute atomic E-state index is 13.7. The second-order valence-corrected chi connectivity index (χ2v) is 7.88. The van der Waals surface area contributed by atoms with Crippen molar-refractivity contribution in [2.45, 2.75) is 38.3 Å². The van der Waals surface area contributed by atoms with Crippen molar-refractivity contribution in [3.8, 4) is 0 Å². The molecule has 0 saturated carbocycles. The van der Waals surface area contributed by atoms with Crippen LogP contribution >= 0.6 is 0 Å². The number of rotatable bonds is 8. The molecule has 8 heteroatoms. The first-order valence-corrected chi connectivity index (χ1v) is 10.7. The van der Waals surface area contributed by atoms with E-state index in [9.17, 15) is 9.59 Å². The first-order valence-electron chi connectivity index (χ1n) is 10.7. The Morgan fingerprint density at radius 3 is 2.50 bits per heavy atom. The minimum atomic E-state index is -0.680. The van der Waals surface area contributed by atoms with Crippen LogP contribution in [0.2, 0.25) is 0 Å². The molecule has 1 aliphatic heterocycles. The molecule has 1 aromatic heterocycles. The van der Waals surface area contributed by atoms with Gasteiger partial charge in [0, 0.05) is 20.8 Å². The Hall–Kier alpha value is -3.23. The van der Waals surface area contributed by atoms with Gasteiger partial charge in [-0.1, -0.05) is 42.5 Å². The molecule has 4 rings (SSSR count). The van der Waals surface area contributed by atoms with E-state index in [0.717, 1.165) is 22.4 Å². The van der Waals surface area contributed by atoms with Gasteiger partial charge >= 0.3 is 0 Å². The highest BCUT2D eigenvalue weighted by molar-refractivity contribution is 5.90. The third kappa shape index (κ3) is 4.24. The van der Waals surface area contributed by atoms with Crippen molar-refractivity contribution in [2.75, 3.05) is 20.8 Å². The number of hydrogen-bond acceptors (Lipinski definition) is 5. The van der Waals surface area contributed by atoms with Crippen molar-refractivity contribution in [2.24, 2.45) is 0 Å². The highest BCUT2D eigenvalue weighted by Gasteiger charge is 2.40. The molecule has 1 aliphatic rings. The molecular formula is C24H28N4O4. The second-order valence-electron chi connectivity index (χ2n) is 7.88. The smallest absolute Gasteiger partial charge is 0.247 e. The maximum Gasteiger partial charge on any atom is 0.247 e. The van der Waals surface area contributed by atoms with E-state index in [1.807, 2.05) is 71.0 Å². The average molecular weight is 437 g/mol. The van der Waals surface area contributed by atoms with Crippen LogP contribution in [0.4, 0.5) is 0 Å². The van der Waals surface area contributed by atoms with Gasteiger partial charge in [-0.25, -0.2) is 4.98 Å². The van der Waals surface area contributed by atoms with Gasteiger partial charge in [0.1, 0.15) is 11.9 Å². The summed E-state index contributed by atoms with van der Waals surface area (Å²) in [6.07, 6.45) is -0.537. The molecule has 0 bridgehead atoms. The number of ether oxygens (including phenoxy) is 2. The summed E-state index contributed by atoms with van der Waals surface area (Å²) in [4.78, 5) is 33.1. The number of fused-ring (bicyclic) bond motifs is 3. The number of aromatic nitrogens is 2. The van der Waals surface area contributed by atoms with Crippen LogP contribution in [0.15, 0.2) is 54.6 Å². The highest BCUT2D eigenvalue weighted by atomic mass is 16.7. The Balaban J connectivity index is 1.66. The number of imidazole rings is 1. The first-order chi connectivity index (χ1) is 15.5. The third-order valence-electron chi connectivity index (χ3n) is 5.91. The number of methoxy groups -OCH3 is 2. The molecule has 2 amide bonds. The lowest BCUT2D eigenvalue weighted by Gasteiger charge is -2.38. The van der Waals surface area contributed by atoms with Crippen molar-refractivity contribution in [3.05, 3.63) is 66.0 Å². The van der Waals surface area contributed by atoms with Crippen LogP contribution in [0.25, 0.3) is 11.0 Å². The molecule has 2 aromatic carbocycles. The molecule has 8 nitrogen and oxygen atoms in total. The molecule has 168 valence electrons. The van der Waals surface area contributed by atoms with Gasteiger partial charge in [-0.2, -0.15) is 0 Å². The Morgan fingerprint density at radius 1 is 1.09 bits per heavy atom. The molecule has 2 heterocycles. The Bertz CT molecular complexity index is 1090. The van der Waals surface area contributed by atoms with Gasteiger partial charge in [0.2, 0.25) is 11.8 Å². The summed E-state index contributed by atoms with van der Waals surface area (Å²) >= 11 is 0. The van der Waals surface area contributed by atoms with E-state index < -0.39 is 12.3 Å². The zero-order valence-electron chi connectivity index (χ0n) is 18.5. The molecule has 0 spiro atoms. The molecule has 2 atom stereocenters. The van der Waals surface area contributed by atoms with Crippen molar-refractivity contribution in [1.29, 1.82) is 0 Å². The first kappa shape index (κ1) is 22.0. The molecule has 3 aromatic rings. The van der Waals surface area contributed by atoms with E-state index in [1.54, 1.807) is 0 Å². The molecule has 0 aliphatic carbocycles. The number of hydrogen-bond donors (Lipinski definition) is 1. The van der Waals surface area contributed by atoms with Gasteiger partial charge in [0.25, 0.3) is 0 Å². The standard InChI is InChI=1S/C24H28N4O4/c1-16-23-26-18-11-7-8-12-19(18)28(23)20(13-21(29)25-14-22(31-2)32-3)24(30)27(16)15-17-9-5-4-6-10-17/h4-12,16,20,22H,13-15H2,1-3H3,(H,25,29)/t16-,20-/m1/s1. The number of para-hydroxylation sites is 2. The zero-order valence-corrected chi connectivity index (χ0v) is 18.5. The predicted molar refractivity (Wildman–Crippen MR) is 120 cm³/mol. The van der Waals surface area contributed by atoms with Crippen LogP contribution in [-0.4, -0.2) is 53.3 Å². The second kappa shape index (κ2) is 9.50. The van der Waals surface area contributed by atoms with Crippen LogP contribution in [0, 0.1) is 0 Å². The number of benzene rings is 2. The van der Waals surface area contributed by atoms with Crippen LogP contribution in [-0.2, 0) is 25.6 Å². The van der Waals surface area contributed by atoms with E-state index >= 15 is 0 Å². The van der Waals surface area contributed by atoms with Crippen LogP contribution in [0.5, 0.6) is 0 Å². The minimum Gasteiger partial charge on any atom is -0.354 e. The average Bonchev–Trinajstić information content (AvgIpc) is 3.20. The Morgan fingerprint density at radius 2 is 1.78 bits per heavy atom. The summed E-state index contributed by atoms with van der Waals surface area (Å²) < 4.78 is 12.2. The monoisotopic (exact) mass is 436 g/mol. The SMILES string of the molecule is COC(CNC(=O)C[C@@H]1C(=O)N(Cc2ccccc2)[C@H](C)c2nc3ccccc3n21)OC. The fourth-order valence-corrected chi connectivity index (χ4v) is 4.20. The summed E-state index contributed by atoms with van der Waals surface area (Å²) in [5, 5.41) is 2.81. The molecule has 0 unspecified atom stereocenters. The van der Waals surface area contributed by atoms with E-state index in [1.165, 1.54) is 14.2 Å². The summed E-state index contributed by atoms with van der Waals surface area (Å²) in [5.41, 5.74) is 2.70. The van der Waals surface area contributed by atoms with E-state index in [-0.39, 0.29) is 30.8 Å². The number of nitrogens with zero attached hydrogens (tertiary/aromatic N) is 3. The fourth-order valence-electron chi connectivity index (χ4n) is 4.20. The summed E-state index contributed by atoms with van der Waals surface area (Å²) in [6.45, 7) is 2.64. The molecule has 32 heavy (non-hydrogen) atoms. The molecular weight excluding hydrogens is 408 g/mol. The van der Waals surface area contributed by atoms with Gasteiger partial charge in [-0.15, -0.1) is 0 Å². The number of nitrogens with one attached hydrogen (secondary N) is 1. The summed E-state index contributed by atoms with van der Waals surface area (Å²) in [7, 11) is 3.02. The number of amides is 2. The zero-order chi connectivity index (χ0) is 22.7. The summed E-state index contributed by atoms with van der Waals surface area (Å²) in [6, 6.07) is 16.7. The molecule has 1 N–H and O–H groups in total. The van der Waals surface area contributed by atoms with Gasteiger partial charge in [-0.05, 0) is 24.6 Å². The summed E-state index contributed by atoms with van der Waals surface area (Å²) in [5.74, 6) is 0.439. The lowest BCUT2D eigenvalue weighted by molar-refractivity contribution is -0.143. The molecule has 0 fully saturated rings. The normalized spacial score (nSPS) is 18.2. The van der Waals surface area contributed by atoms with Gasteiger partial charge < -0.3 is 24.3 Å². The van der Waals surface area contributed by atoms with Crippen molar-refractivity contribution >= 4 is 22.8 Å². The quantitative estimate of drug-likeness (QED) is 0.549. The van der Waals surface area contributed by atoms with E-state index in [0.29, 0.717) is 6.54 Å². The van der Waals surface area contributed by atoms with Gasteiger partial charge in [-0.3, -0.25) is 9.59 Å². The number of carbonyl (C=O) groups excluding carboxylic acids is 2. The largest absolute Gasteiger partial charge is 0.354 e. The molecule has 0 radical (unpaired) electrons. The number of carbonyl (C=O) groups is 2. The highest BCUT2D eigenvalue weighted by Crippen LogP contribution is 2.37. The van der Waals surface area contributed by atoms with E-state index in [4.69, 9.17) is 14.5 Å². The Labute approximate surface area is 187 Å². The third-order valence-corrected chi connectivity index (χ3v) is 5.91. The molecule has 0 saturated heterocycles. The fraction of sp³-hybridized carbons (Fsp3) is 0.375. The van der Waals surface area contributed by atoms with Crippen LogP contribution in [0.1, 0.15) is 36.8 Å². The lowest BCUT2D eigenvalue weighted by Crippen LogP contribution is -2.46. The van der Waals surface area contributed by atoms with Crippen molar-refractivity contribution in [3.63, 3.8) is 0 Å². The van der Waals surface area contributed by atoms with Crippen LogP contribution in [0.3, 0.4) is 0 Å². The van der Waals surface area contributed by atoms with Crippen LogP contribution < -0.4 is 5.32 Å².